The van der Waals surface area contributed by atoms with Crippen molar-refractivity contribution in [3.63, 3.8) is 0 Å². The average Bonchev–Trinajstić information content (AvgIpc) is 2.54. The number of hydrogen-bond acceptors (Lipinski definition) is 5. The fourth-order valence-corrected chi connectivity index (χ4v) is 2.73. The van der Waals surface area contributed by atoms with Crippen LogP contribution in [0.2, 0.25) is 0 Å². The number of benzene rings is 2. The van der Waals surface area contributed by atoms with Gasteiger partial charge in [-0.1, -0.05) is 12.1 Å². The molecule has 2 aromatic rings. The van der Waals surface area contributed by atoms with Gasteiger partial charge in [-0.2, -0.15) is 0 Å². The summed E-state index contributed by atoms with van der Waals surface area (Å²) in [6.07, 6.45) is 0. The topological polar surface area (TPSA) is 93.5 Å². The van der Waals surface area contributed by atoms with Crippen LogP contribution in [0.15, 0.2) is 46.9 Å². The maximum absolute atomic E-state index is 11.9. The van der Waals surface area contributed by atoms with Crippen molar-refractivity contribution in [2.75, 3.05) is 11.9 Å². The van der Waals surface area contributed by atoms with Crippen molar-refractivity contribution in [2.24, 2.45) is 0 Å². The Labute approximate surface area is 157 Å². The third-order valence-electron chi connectivity index (χ3n) is 3.01. The molecular formula is C16H14BrN3O4S. The molecule has 25 heavy (non-hydrogen) atoms. The molecule has 9 heteroatoms. The first-order valence-electron chi connectivity index (χ1n) is 7.09. The second-order valence-corrected chi connectivity index (χ2v) is 6.29. The van der Waals surface area contributed by atoms with Crippen LogP contribution in [-0.2, 0) is 4.79 Å². The number of halogens is 1. The molecule has 0 aliphatic carbocycles. The Bertz CT molecular complexity index is 829. The van der Waals surface area contributed by atoms with E-state index >= 15 is 0 Å². The van der Waals surface area contributed by atoms with E-state index in [2.05, 4.69) is 26.6 Å². The number of nitro benzene ring substituents is 1. The van der Waals surface area contributed by atoms with E-state index in [1.165, 1.54) is 18.2 Å². The molecule has 2 rings (SSSR count). The number of carbonyl (C=O) groups is 1. The summed E-state index contributed by atoms with van der Waals surface area (Å²) >= 11 is 8.38. The zero-order chi connectivity index (χ0) is 18.4. The molecule has 0 spiro atoms. The molecule has 2 aromatic carbocycles. The van der Waals surface area contributed by atoms with Crippen LogP contribution in [0.25, 0.3) is 0 Å². The number of nitrogens with one attached hydrogen (secondary N) is 2. The van der Waals surface area contributed by atoms with Gasteiger partial charge in [0.1, 0.15) is 5.75 Å². The molecular weight excluding hydrogens is 410 g/mol. The fraction of sp³-hybridized carbons (Fsp3) is 0.125. The monoisotopic (exact) mass is 423 g/mol. The van der Waals surface area contributed by atoms with Crippen molar-refractivity contribution in [3.8, 4) is 5.75 Å². The van der Waals surface area contributed by atoms with Gasteiger partial charge in [0.2, 0.25) is 0 Å². The lowest BCUT2D eigenvalue weighted by Gasteiger charge is -2.11. The molecule has 0 saturated carbocycles. The Morgan fingerprint density at radius 3 is 2.76 bits per heavy atom. The van der Waals surface area contributed by atoms with Crippen LogP contribution in [0.5, 0.6) is 5.75 Å². The lowest BCUT2D eigenvalue weighted by atomic mass is 10.2. The molecule has 0 radical (unpaired) electrons. The highest BCUT2D eigenvalue weighted by molar-refractivity contribution is 9.10. The largest absolute Gasteiger partial charge is 0.483 e. The second kappa shape index (κ2) is 8.54. The summed E-state index contributed by atoms with van der Waals surface area (Å²) in [7, 11) is 0. The molecule has 0 unspecified atom stereocenters. The van der Waals surface area contributed by atoms with Crippen LogP contribution >= 0.6 is 28.1 Å². The number of anilines is 1. The van der Waals surface area contributed by atoms with E-state index in [4.69, 9.17) is 17.0 Å². The standard InChI is InChI=1S/C16H14BrN3O4S/c1-10-5-6-14(13(17)7-10)24-9-15(21)19-16(25)18-11-3-2-4-12(8-11)20(22)23/h2-8H,9H2,1H3,(H2,18,19,21,25). The van der Waals surface area contributed by atoms with Gasteiger partial charge in [0.15, 0.2) is 11.7 Å². The average molecular weight is 424 g/mol. The van der Waals surface area contributed by atoms with Crippen LogP contribution < -0.4 is 15.4 Å². The quantitative estimate of drug-likeness (QED) is 0.433. The number of nitrogens with zero attached hydrogens (tertiary/aromatic N) is 1. The second-order valence-electron chi connectivity index (χ2n) is 5.03. The SMILES string of the molecule is Cc1ccc(OCC(=O)NC(=S)Nc2cccc([N+](=O)[O-])c2)c(Br)c1. The number of rotatable bonds is 5. The summed E-state index contributed by atoms with van der Waals surface area (Å²) in [5.74, 6) is 0.0914. The van der Waals surface area contributed by atoms with Gasteiger partial charge >= 0.3 is 0 Å². The highest BCUT2D eigenvalue weighted by Crippen LogP contribution is 2.25. The number of hydrogen-bond donors (Lipinski definition) is 2. The Hall–Kier alpha value is -2.52. The van der Waals surface area contributed by atoms with E-state index in [-0.39, 0.29) is 17.4 Å². The third-order valence-corrected chi connectivity index (χ3v) is 3.84. The molecule has 0 aliphatic heterocycles. The highest BCUT2D eigenvalue weighted by Gasteiger charge is 2.10. The van der Waals surface area contributed by atoms with Gasteiger partial charge in [-0.3, -0.25) is 20.2 Å². The van der Waals surface area contributed by atoms with Gasteiger partial charge in [-0.15, -0.1) is 0 Å². The van der Waals surface area contributed by atoms with Crippen molar-refractivity contribution in [2.45, 2.75) is 6.92 Å². The molecule has 0 atom stereocenters. The molecule has 7 nitrogen and oxygen atoms in total. The third kappa shape index (κ3) is 5.80. The number of non-ortho nitro benzene ring substituents is 1. The lowest BCUT2D eigenvalue weighted by Crippen LogP contribution is -2.37. The van der Waals surface area contributed by atoms with E-state index in [1.54, 1.807) is 12.1 Å². The van der Waals surface area contributed by atoms with Gasteiger partial charge in [-0.05, 0) is 58.8 Å². The van der Waals surface area contributed by atoms with Gasteiger partial charge in [0, 0.05) is 17.8 Å². The van der Waals surface area contributed by atoms with Crippen molar-refractivity contribution in [1.82, 2.24) is 5.32 Å². The molecule has 0 heterocycles. The molecule has 130 valence electrons. The van der Waals surface area contributed by atoms with E-state index in [9.17, 15) is 14.9 Å². The number of carbonyl (C=O) groups excluding carboxylic acids is 1. The molecule has 0 bridgehead atoms. The van der Waals surface area contributed by atoms with Crippen LogP contribution in [0.1, 0.15) is 5.56 Å². The Kier molecular flexibility index (Phi) is 6.43. The lowest BCUT2D eigenvalue weighted by molar-refractivity contribution is -0.384. The smallest absolute Gasteiger partial charge is 0.271 e. The summed E-state index contributed by atoms with van der Waals surface area (Å²) < 4.78 is 6.17. The van der Waals surface area contributed by atoms with Crippen LogP contribution in [0.3, 0.4) is 0 Å². The van der Waals surface area contributed by atoms with E-state index in [1.807, 2.05) is 19.1 Å². The van der Waals surface area contributed by atoms with Gasteiger partial charge in [-0.25, -0.2) is 0 Å². The summed E-state index contributed by atoms with van der Waals surface area (Å²) in [5.41, 5.74) is 1.39. The minimum absolute atomic E-state index is 0.0251. The van der Waals surface area contributed by atoms with Crippen LogP contribution in [0, 0.1) is 17.0 Å². The maximum Gasteiger partial charge on any atom is 0.271 e. The molecule has 0 aliphatic rings. The highest BCUT2D eigenvalue weighted by atomic mass is 79.9. The molecule has 0 aromatic heterocycles. The summed E-state index contributed by atoms with van der Waals surface area (Å²) in [5, 5.41) is 15.9. The van der Waals surface area contributed by atoms with Gasteiger partial charge < -0.3 is 10.1 Å². The van der Waals surface area contributed by atoms with E-state index in [0.29, 0.717) is 11.4 Å². The number of thiocarbonyl (C=S) groups is 1. The van der Waals surface area contributed by atoms with Crippen LogP contribution in [-0.4, -0.2) is 22.5 Å². The van der Waals surface area contributed by atoms with Gasteiger partial charge in [0.25, 0.3) is 11.6 Å². The van der Waals surface area contributed by atoms with Crippen molar-refractivity contribution < 1.29 is 14.5 Å². The van der Waals surface area contributed by atoms with Crippen molar-refractivity contribution in [3.05, 3.63) is 62.6 Å². The Morgan fingerprint density at radius 1 is 1.32 bits per heavy atom. The van der Waals surface area contributed by atoms with Crippen molar-refractivity contribution in [1.29, 1.82) is 0 Å². The minimum atomic E-state index is -0.514. The summed E-state index contributed by atoms with van der Waals surface area (Å²) in [6, 6.07) is 11.3. The van der Waals surface area contributed by atoms with Crippen LogP contribution in [0.4, 0.5) is 11.4 Å². The first-order chi connectivity index (χ1) is 11.8. The van der Waals surface area contributed by atoms with E-state index < -0.39 is 10.8 Å². The predicted octanol–water partition coefficient (Wildman–Crippen LogP) is 3.56. The van der Waals surface area contributed by atoms with Gasteiger partial charge in [0.05, 0.1) is 9.40 Å². The molecule has 2 N–H and O–H groups in total. The fourth-order valence-electron chi connectivity index (χ4n) is 1.89. The summed E-state index contributed by atoms with van der Waals surface area (Å²) in [4.78, 5) is 22.1. The minimum Gasteiger partial charge on any atom is -0.483 e. The molecule has 1 amide bonds. The molecule has 0 fully saturated rings. The van der Waals surface area contributed by atoms with E-state index in [0.717, 1.165) is 10.0 Å². The van der Waals surface area contributed by atoms with Crippen molar-refractivity contribution >= 4 is 50.5 Å². The first kappa shape index (κ1) is 18.8. The number of nitro groups is 1. The number of ether oxygens (including phenoxy) is 1. The Balaban J connectivity index is 1.86. The number of amides is 1. The zero-order valence-electron chi connectivity index (χ0n) is 13.1. The normalized spacial score (nSPS) is 10.0. The predicted molar refractivity (Wildman–Crippen MR) is 102 cm³/mol. The summed E-state index contributed by atoms with van der Waals surface area (Å²) in [6.45, 7) is 1.72. The maximum atomic E-state index is 11.9. The first-order valence-corrected chi connectivity index (χ1v) is 8.29. The molecule has 0 saturated heterocycles. The number of aryl methyl sites for hydroxylation is 1. The Morgan fingerprint density at radius 2 is 2.08 bits per heavy atom. The zero-order valence-corrected chi connectivity index (χ0v) is 15.5.